The summed E-state index contributed by atoms with van der Waals surface area (Å²) in [5.41, 5.74) is 11.3. The molecular formula is C26H27NO. The average molecular weight is 370 g/mol. The van der Waals surface area contributed by atoms with Crippen LogP contribution >= 0.6 is 0 Å². The Kier molecular flexibility index (Phi) is 4.80. The summed E-state index contributed by atoms with van der Waals surface area (Å²) in [5, 5.41) is 0. The Morgan fingerprint density at radius 2 is 1.36 bits per heavy atom. The number of benzene rings is 3. The summed E-state index contributed by atoms with van der Waals surface area (Å²) in [5.74, 6) is 0.773. The zero-order chi connectivity index (χ0) is 19.8. The highest BCUT2D eigenvalue weighted by Gasteiger charge is 2.23. The molecule has 0 bridgehead atoms. The molecule has 0 aliphatic carbocycles. The molecule has 1 aliphatic heterocycles. The Morgan fingerprint density at radius 1 is 0.750 bits per heavy atom. The van der Waals surface area contributed by atoms with E-state index in [2.05, 4.69) is 89.2 Å². The number of nitrogens with zero attached hydrogens (tertiary/aromatic N) is 1. The van der Waals surface area contributed by atoms with E-state index in [1.807, 2.05) is 0 Å². The molecule has 1 atom stereocenters. The third-order valence-corrected chi connectivity index (χ3v) is 5.90. The maximum absolute atomic E-state index is 5.98. The van der Waals surface area contributed by atoms with Crippen LogP contribution in [-0.4, -0.2) is 12.5 Å². The Bertz CT molecular complexity index is 1020. The summed E-state index contributed by atoms with van der Waals surface area (Å²) in [6.07, 6.45) is 0. The number of hydrogen-bond acceptors (Lipinski definition) is 2. The van der Waals surface area contributed by atoms with Crippen LogP contribution in [0, 0.1) is 34.6 Å². The summed E-state index contributed by atoms with van der Waals surface area (Å²) in [6, 6.07) is 19.7. The standard InChI is InChI=1S/C26H27NO/c1-16-7-6-8-17(2)25(16)26-27-24(15-28-26)22-11-9-21(10-12-22)23-13-18(3)20(5)19(4)14-23/h6-14,24H,15H2,1-5H3. The molecule has 142 valence electrons. The second-order valence-electron chi connectivity index (χ2n) is 7.88. The van der Waals surface area contributed by atoms with Crippen LogP contribution in [-0.2, 0) is 4.74 Å². The molecule has 0 fully saturated rings. The van der Waals surface area contributed by atoms with Gasteiger partial charge in [0.05, 0.1) is 0 Å². The zero-order valence-electron chi connectivity index (χ0n) is 17.3. The molecule has 0 amide bonds. The minimum absolute atomic E-state index is 0.0598. The van der Waals surface area contributed by atoms with E-state index in [-0.39, 0.29) is 6.04 Å². The monoisotopic (exact) mass is 369 g/mol. The van der Waals surface area contributed by atoms with Gasteiger partial charge in [0, 0.05) is 5.56 Å². The second kappa shape index (κ2) is 7.27. The number of rotatable bonds is 3. The van der Waals surface area contributed by atoms with E-state index < -0.39 is 0 Å². The maximum Gasteiger partial charge on any atom is 0.217 e. The van der Waals surface area contributed by atoms with E-state index in [0.717, 1.165) is 11.5 Å². The van der Waals surface area contributed by atoms with Crippen molar-refractivity contribution < 1.29 is 4.74 Å². The van der Waals surface area contributed by atoms with Gasteiger partial charge in [-0.05, 0) is 79.1 Å². The summed E-state index contributed by atoms with van der Waals surface area (Å²) in [7, 11) is 0. The molecule has 2 nitrogen and oxygen atoms in total. The van der Waals surface area contributed by atoms with Crippen LogP contribution in [0.3, 0.4) is 0 Å². The Balaban J connectivity index is 1.61. The van der Waals surface area contributed by atoms with Crippen molar-refractivity contribution in [2.24, 2.45) is 4.99 Å². The number of aryl methyl sites for hydroxylation is 4. The van der Waals surface area contributed by atoms with Gasteiger partial charge in [0.25, 0.3) is 0 Å². The Morgan fingerprint density at radius 3 is 1.96 bits per heavy atom. The maximum atomic E-state index is 5.98. The first kappa shape index (κ1) is 18.5. The molecular weight excluding hydrogens is 342 g/mol. The summed E-state index contributed by atoms with van der Waals surface area (Å²) < 4.78 is 5.98. The van der Waals surface area contributed by atoms with Crippen LogP contribution in [0.5, 0.6) is 0 Å². The lowest BCUT2D eigenvalue weighted by Gasteiger charge is -2.11. The highest BCUT2D eigenvalue weighted by Crippen LogP contribution is 2.30. The number of aliphatic imine (C=N–C) groups is 1. The minimum atomic E-state index is 0.0598. The van der Waals surface area contributed by atoms with Crippen LogP contribution in [0.4, 0.5) is 0 Å². The average Bonchev–Trinajstić information content (AvgIpc) is 3.15. The van der Waals surface area contributed by atoms with Gasteiger partial charge in [-0.3, -0.25) is 0 Å². The second-order valence-corrected chi connectivity index (χ2v) is 7.88. The predicted molar refractivity (Wildman–Crippen MR) is 117 cm³/mol. The molecule has 0 spiro atoms. The lowest BCUT2D eigenvalue weighted by molar-refractivity contribution is 0.319. The van der Waals surface area contributed by atoms with E-state index in [1.165, 1.54) is 44.5 Å². The number of ether oxygens (including phenoxy) is 1. The van der Waals surface area contributed by atoms with E-state index in [9.17, 15) is 0 Å². The fourth-order valence-corrected chi connectivity index (χ4v) is 3.93. The SMILES string of the molecule is Cc1cc(-c2ccc(C3COC(c4c(C)cccc4C)=N3)cc2)cc(C)c1C. The number of hydrogen-bond donors (Lipinski definition) is 0. The molecule has 3 aromatic carbocycles. The van der Waals surface area contributed by atoms with Gasteiger partial charge in [0.1, 0.15) is 12.6 Å². The topological polar surface area (TPSA) is 21.6 Å². The quantitative estimate of drug-likeness (QED) is 0.522. The molecule has 28 heavy (non-hydrogen) atoms. The minimum Gasteiger partial charge on any atom is -0.475 e. The summed E-state index contributed by atoms with van der Waals surface area (Å²) in [4.78, 5) is 4.89. The lowest BCUT2D eigenvalue weighted by Crippen LogP contribution is -2.05. The van der Waals surface area contributed by atoms with Gasteiger partial charge in [0.15, 0.2) is 0 Å². The van der Waals surface area contributed by atoms with Crippen LogP contribution < -0.4 is 0 Å². The van der Waals surface area contributed by atoms with E-state index in [4.69, 9.17) is 9.73 Å². The van der Waals surface area contributed by atoms with Crippen molar-refractivity contribution in [3.8, 4) is 11.1 Å². The third-order valence-electron chi connectivity index (χ3n) is 5.90. The highest BCUT2D eigenvalue weighted by atomic mass is 16.5. The zero-order valence-corrected chi connectivity index (χ0v) is 17.3. The van der Waals surface area contributed by atoms with Crippen LogP contribution in [0.25, 0.3) is 11.1 Å². The van der Waals surface area contributed by atoms with Crippen LogP contribution in [0.1, 0.15) is 45.0 Å². The van der Waals surface area contributed by atoms with Crippen molar-refractivity contribution in [1.29, 1.82) is 0 Å². The molecule has 1 unspecified atom stereocenters. The first-order valence-corrected chi connectivity index (χ1v) is 9.89. The smallest absolute Gasteiger partial charge is 0.217 e. The molecule has 1 heterocycles. The van der Waals surface area contributed by atoms with Gasteiger partial charge in [-0.15, -0.1) is 0 Å². The van der Waals surface area contributed by atoms with Gasteiger partial charge < -0.3 is 4.74 Å². The van der Waals surface area contributed by atoms with Gasteiger partial charge in [-0.2, -0.15) is 0 Å². The van der Waals surface area contributed by atoms with Gasteiger partial charge in [-0.1, -0.05) is 54.6 Å². The summed E-state index contributed by atoms with van der Waals surface area (Å²) >= 11 is 0. The molecule has 0 aromatic heterocycles. The Labute approximate surface area is 167 Å². The fourth-order valence-electron chi connectivity index (χ4n) is 3.93. The van der Waals surface area contributed by atoms with E-state index in [1.54, 1.807) is 0 Å². The lowest BCUT2D eigenvalue weighted by atomic mass is 9.95. The normalized spacial score (nSPS) is 16.0. The van der Waals surface area contributed by atoms with E-state index >= 15 is 0 Å². The van der Waals surface area contributed by atoms with Crippen LogP contribution in [0.15, 0.2) is 59.6 Å². The molecule has 0 radical (unpaired) electrons. The predicted octanol–water partition coefficient (Wildman–Crippen LogP) is 6.41. The van der Waals surface area contributed by atoms with Gasteiger partial charge in [-0.25, -0.2) is 4.99 Å². The first-order chi connectivity index (χ1) is 13.4. The van der Waals surface area contributed by atoms with Crippen LogP contribution in [0.2, 0.25) is 0 Å². The van der Waals surface area contributed by atoms with Crippen molar-refractivity contribution in [3.05, 3.63) is 93.5 Å². The van der Waals surface area contributed by atoms with Crippen molar-refractivity contribution in [3.63, 3.8) is 0 Å². The molecule has 4 rings (SSSR count). The fraction of sp³-hybridized carbons (Fsp3) is 0.269. The molecule has 0 N–H and O–H groups in total. The van der Waals surface area contributed by atoms with E-state index in [0.29, 0.717) is 6.61 Å². The highest BCUT2D eigenvalue weighted by molar-refractivity contribution is 5.98. The molecule has 0 saturated heterocycles. The molecule has 1 aliphatic rings. The summed E-state index contributed by atoms with van der Waals surface area (Å²) in [6.45, 7) is 11.4. The van der Waals surface area contributed by atoms with Gasteiger partial charge >= 0.3 is 0 Å². The largest absolute Gasteiger partial charge is 0.475 e. The van der Waals surface area contributed by atoms with Crippen molar-refractivity contribution in [1.82, 2.24) is 0 Å². The van der Waals surface area contributed by atoms with Crippen molar-refractivity contribution >= 4 is 5.90 Å². The Hall–Kier alpha value is -2.87. The van der Waals surface area contributed by atoms with Crippen molar-refractivity contribution in [2.75, 3.05) is 6.61 Å². The molecule has 3 aromatic rings. The van der Waals surface area contributed by atoms with Crippen molar-refractivity contribution in [2.45, 2.75) is 40.7 Å². The first-order valence-electron chi connectivity index (χ1n) is 9.89. The third kappa shape index (κ3) is 3.35. The molecule has 2 heteroatoms. The molecule has 0 saturated carbocycles. The van der Waals surface area contributed by atoms with Gasteiger partial charge in [0.2, 0.25) is 5.90 Å².